The molecule has 154 valence electrons. The first kappa shape index (κ1) is 21.1. The number of benzene rings is 2. The molecule has 1 aliphatic rings. The second-order valence-corrected chi connectivity index (χ2v) is 8.23. The van der Waals surface area contributed by atoms with Gasteiger partial charge >= 0.3 is 0 Å². The molecule has 2 aromatic rings. The van der Waals surface area contributed by atoms with Crippen LogP contribution in [0.1, 0.15) is 36.2 Å². The van der Waals surface area contributed by atoms with E-state index in [0.717, 1.165) is 19.5 Å². The van der Waals surface area contributed by atoms with Gasteiger partial charge in [0.05, 0.1) is 17.8 Å². The lowest BCUT2D eigenvalue weighted by Gasteiger charge is -2.34. The molecule has 0 aromatic heterocycles. The summed E-state index contributed by atoms with van der Waals surface area (Å²) in [5, 5.41) is 5.89. The third kappa shape index (κ3) is 6.43. The number of carbonyl (C=O) groups is 2. The molecule has 5 nitrogen and oxygen atoms in total. The number of nitrogens with zero attached hydrogens (tertiary/aromatic N) is 1. The Morgan fingerprint density at radius 3 is 2.34 bits per heavy atom. The van der Waals surface area contributed by atoms with Crippen molar-refractivity contribution in [2.75, 3.05) is 31.5 Å². The van der Waals surface area contributed by atoms with E-state index in [4.69, 9.17) is 0 Å². The molecule has 0 saturated carbocycles. The van der Waals surface area contributed by atoms with Gasteiger partial charge in [-0.25, -0.2) is 0 Å². The third-order valence-electron chi connectivity index (χ3n) is 5.30. The quantitative estimate of drug-likeness (QED) is 0.756. The Morgan fingerprint density at radius 1 is 0.966 bits per heavy atom. The first-order valence-corrected chi connectivity index (χ1v) is 10.4. The van der Waals surface area contributed by atoms with Crippen LogP contribution in [-0.2, 0) is 11.2 Å². The van der Waals surface area contributed by atoms with E-state index in [1.165, 1.54) is 12.0 Å². The van der Waals surface area contributed by atoms with E-state index in [-0.39, 0.29) is 11.8 Å². The van der Waals surface area contributed by atoms with Crippen LogP contribution in [0.4, 0.5) is 5.69 Å². The molecular formula is C24H31N3O2. The summed E-state index contributed by atoms with van der Waals surface area (Å²) in [4.78, 5) is 27.4. The Hall–Kier alpha value is -2.66. The highest BCUT2D eigenvalue weighted by Crippen LogP contribution is 2.21. The maximum atomic E-state index is 12.6. The number of amides is 2. The van der Waals surface area contributed by atoms with Gasteiger partial charge < -0.3 is 10.6 Å². The predicted octanol–water partition coefficient (Wildman–Crippen LogP) is 3.58. The smallest absolute Gasteiger partial charge is 0.253 e. The summed E-state index contributed by atoms with van der Waals surface area (Å²) in [6.07, 6.45) is 1.98. The summed E-state index contributed by atoms with van der Waals surface area (Å²) in [5.74, 6) is 0.969. The minimum absolute atomic E-state index is 0.0733. The molecule has 1 fully saturated rings. The highest BCUT2D eigenvalue weighted by Gasteiger charge is 2.23. The van der Waals surface area contributed by atoms with Crippen LogP contribution >= 0.6 is 0 Å². The van der Waals surface area contributed by atoms with Gasteiger partial charge in [-0.1, -0.05) is 56.3 Å². The largest absolute Gasteiger partial charge is 0.352 e. The van der Waals surface area contributed by atoms with E-state index in [9.17, 15) is 9.59 Å². The molecule has 0 aliphatic carbocycles. The van der Waals surface area contributed by atoms with Crippen molar-refractivity contribution < 1.29 is 9.59 Å². The number of piperidine rings is 1. The van der Waals surface area contributed by atoms with Gasteiger partial charge in [-0.15, -0.1) is 0 Å². The monoisotopic (exact) mass is 393 g/mol. The summed E-state index contributed by atoms with van der Waals surface area (Å²) in [7, 11) is 0. The van der Waals surface area contributed by atoms with Crippen LogP contribution in [0.25, 0.3) is 0 Å². The number of hydrogen-bond acceptors (Lipinski definition) is 3. The molecular weight excluding hydrogens is 362 g/mol. The zero-order chi connectivity index (χ0) is 20.6. The third-order valence-corrected chi connectivity index (χ3v) is 5.30. The van der Waals surface area contributed by atoms with Crippen molar-refractivity contribution in [1.29, 1.82) is 0 Å². The number of anilines is 1. The molecule has 0 radical (unpaired) electrons. The molecule has 0 unspecified atom stereocenters. The van der Waals surface area contributed by atoms with Crippen molar-refractivity contribution in [2.45, 2.75) is 26.7 Å². The van der Waals surface area contributed by atoms with E-state index in [1.807, 2.05) is 42.5 Å². The van der Waals surface area contributed by atoms with Crippen molar-refractivity contribution in [3.05, 3.63) is 65.7 Å². The zero-order valence-electron chi connectivity index (χ0n) is 17.4. The van der Waals surface area contributed by atoms with Crippen LogP contribution in [0.5, 0.6) is 0 Å². The van der Waals surface area contributed by atoms with Gasteiger partial charge in [-0.2, -0.15) is 0 Å². The maximum Gasteiger partial charge on any atom is 0.253 e. The van der Waals surface area contributed by atoms with E-state index in [0.29, 0.717) is 36.2 Å². The lowest BCUT2D eigenvalue weighted by atomic mass is 9.92. The van der Waals surface area contributed by atoms with Crippen LogP contribution in [0, 0.1) is 11.8 Å². The molecule has 2 aromatic carbocycles. The minimum atomic E-state index is -0.169. The summed E-state index contributed by atoms with van der Waals surface area (Å²) in [6.45, 7) is 7.26. The van der Waals surface area contributed by atoms with Crippen molar-refractivity contribution in [3.63, 3.8) is 0 Å². The second-order valence-electron chi connectivity index (χ2n) is 8.23. The van der Waals surface area contributed by atoms with Crippen molar-refractivity contribution in [3.8, 4) is 0 Å². The summed E-state index contributed by atoms with van der Waals surface area (Å²) < 4.78 is 0. The zero-order valence-corrected chi connectivity index (χ0v) is 17.4. The van der Waals surface area contributed by atoms with Gasteiger partial charge in [0, 0.05) is 19.6 Å². The number of nitrogens with one attached hydrogen (secondary N) is 2. The first-order chi connectivity index (χ1) is 14.0. The Labute approximate surface area is 173 Å². The number of likely N-dealkylation sites (tertiary alicyclic amines) is 1. The first-order valence-electron chi connectivity index (χ1n) is 10.4. The van der Waals surface area contributed by atoms with E-state index < -0.39 is 0 Å². The lowest BCUT2D eigenvalue weighted by Crippen LogP contribution is -2.43. The molecule has 1 saturated heterocycles. The van der Waals surface area contributed by atoms with Gasteiger partial charge in [0.1, 0.15) is 0 Å². The van der Waals surface area contributed by atoms with Gasteiger partial charge in [-0.05, 0) is 42.4 Å². The molecule has 1 aliphatic heterocycles. The van der Waals surface area contributed by atoms with Crippen molar-refractivity contribution >= 4 is 17.5 Å². The fraction of sp³-hybridized carbons (Fsp3) is 0.417. The molecule has 5 heteroatoms. The van der Waals surface area contributed by atoms with Crippen LogP contribution in [-0.4, -0.2) is 42.9 Å². The van der Waals surface area contributed by atoms with Crippen molar-refractivity contribution in [2.24, 2.45) is 11.8 Å². The average molecular weight is 394 g/mol. The SMILES string of the molecule is C[C@@H]1C[C@H](C)CN(CC(=O)Nc2ccccc2C(=O)NCCc2ccccc2)C1. The van der Waals surface area contributed by atoms with Crippen LogP contribution < -0.4 is 10.6 Å². The predicted molar refractivity (Wildman–Crippen MR) is 117 cm³/mol. The molecule has 3 rings (SSSR count). The van der Waals surface area contributed by atoms with Gasteiger partial charge in [0.2, 0.25) is 5.91 Å². The summed E-state index contributed by atoms with van der Waals surface area (Å²) >= 11 is 0. The Bertz CT molecular complexity index is 812. The van der Waals surface area contributed by atoms with Gasteiger partial charge in [0.25, 0.3) is 5.91 Å². The van der Waals surface area contributed by atoms with Crippen LogP contribution in [0.2, 0.25) is 0 Å². The summed E-state index contributed by atoms with van der Waals surface area (Å²) in [6, 6.07) is 17.2. The van der Waals surface area contributed by atoms with E-state index in [2.05, 4.69) is 29.4 Å². The molecule has 1 heterocycles. The van der Waals surface area contributed by atoms with Crippen LogP contribution in [0.3, 0.4) is 0 Å². The highest BCUT2D eigenvalue weighted by atomic mass is 16.2. The molecule has 2 amide bonds. The Kier molecular flexibility index (Phi) is 7.42. The lowest BCUT2D eigenvalue weighted by molar-refractivity contribution is -0.117. The number of hydrogen-bond donors (Lipinski definition) is 2. The average Bonchev–Trinajstić information content (AvgIpc) is 2.68. The fourth-order valence-corrected chi connectivity index (χ4v) is 4.16. The topological polar surface area (TPSA) is 61.4 Å². The number of carbonyl (C=O) groups excluding carboxylic acids is 2. The Balaban J connectivity index is 1.55. The normalized spacial score (nSPS) is 19.5. The molecule has 2 N–H and O–H groups in total. The maximum absolute atomic E-state index is 12.6. The van der Waals surface area contributed by atoms with Crippen LogP contribution in [0.15, 0.2) is 54.6 Å². The number of para-hydroxylation sites is 1. The minimum Gasteiger partial charge on any atom is -0.352 e. The Morgan fingerprint density at radius 2 is 1.62 bits per heavy atom. The number of rotatable bonds is 7. The van der Waals surface area contributed by atoms with Gasteiger partial charge in [-0.3, -0.25) is 14.5 Å². The molecule has 29 heavy (non-hydrogen) atoms. The molecule has 0 bridgehead atoms. The highest BCUT2D eigenvalue weighted by molar-refractivity contribution is 6.04. The summed E-state index contributed by atoms with van der Waals surface area (Å²) in [5.41, 5.74) is 2.24. The molecule has 0 spiro atoms. The second kappa shape index (κ2) is 10.2. The van der Waals surface area contributed by atoms with Crippen molar-refractivity contribution in [1.82, 2.24) is 10.2 Å². The van der Waals surface area contributed by atoms with Gasteiger partial charge in [0.15, 0.2) is 0 Å². The molecule has 2 atom stereocenters. The standard InChI is InChI=1S/C24H31N3O2/c1-18-14-19(2)16-27(15-18)17-23(28)26-22-11-7-6-10-21(22)24(29)25-13-12-20-8-4-3-5-9-20/h3-11,18-19H,12-17H2,1-2H3,(H,25,29)(H,26,28)/t18-,19+. The fourth-order valence-electron chi connectivity index (χ4n) is 4.16. The van der Waals surface area contributed by atoms with E-state index in [1.54, 1.807) is 12.1 Å². The van der Waals surface area contributed by atoms with E-state index >= 15 is 0 Å².